The highest BCUT2D eigenvalue weighted by molar-refractivity contribution is 5.64. The van der Waals surface area contributed by atoms with E-state index in [9.17, 15) is 0 Å². The first-order valence-corrected chi connectivity index (χ1v) is 4.07. The van der Waals surface area contributed by atoms with E-state index in [1.807, 2.05) is 6.07 Å². The second kappa shape index (κ2) is 2.89. The molecule has 0 fully saturated rings. The number of nitrogens with zero attached hydrogens (tertiary/aromatic N) is 1. The van der Waals surface area contributed by atoms with E-state index in [4.69, 9.17) is 0 Å². The van der Waals surface area contributed by atoms with Crippen LogP contribution >= 0.6 is 0 Å². The monoisotopic (exact) mass is 160 g/mol. The van der Waals surface area contributed by atoms with Gasteiger partial charge in [-0.25, -0.2) is 0 Å². The molecule has 0 spiro atoms. The first-order chi connectivity index (χ1) is 5.86. The van der Waals surface area contributed by atoms with Gasteiger partial charge in [0.25, 0.3) is 0 Å². The van der Waals surface area contributed by atoms with Crippen LogP contribution in [0.1, 0.15) is 5.56 Å². The van der Waals surface area contributed by atoms with Gasteiger partial charge >= 0.3 is 0 Å². The van der Waals surface area contributed by atoms with Crippen LogP contribution in [0.25, 0.3) is 5.70 Å². The molecule has 2 heteroatoms. The molecular formula is C10H12N2. The lowest BCUT2D eigenvalue weighted by Gasteiger charge is -2.03. The lowest BCUT2D eigenvalue weighted by Crippen LogP contribution is -2.16. The number of nitrogens with one attached hydrogen (secondary N) is 1. The minimum atomic E-state index is 0.907. The predicted octanol–water partition coefficient (Wildman–Crippen LogP) is 1.48. The van der Waals surface area contributed by atoms with Gasteiger partial charge in [-0.2, -0.15) is 0 Å². The highest BCUT2D eigenvalue weighted by atomic mass is 15.2. The van der Waals surface area contributed by atoms with Gasteiger partial charge in [-0.1, -0.05) is 30.3 Å². The zero-order valence-corrected chi connectivity index (χ0v) is 7.12. The molecule has 2 rings (SSSR count). The molecule has 1 aliphatic heterocycles. The van der Waals surface area contributed by atoms with Gasteiger partial charge in [-0.3, -0.25) is 0 Å². The molecule has 0 aromatic heterocycles. The predicted molar refractivity (Wildman–Crippen MR) is 50.2 cm³/mol. The molecule has 2 nitrogen and oxygen atoms in total. The Kier molecular flexibility index (Phi) is 1.74. The standard InChI is InChI=1S/C10H12N2/c1-12-7-10(11-8-12)9-5-3-2-4-6-9/h2-7,11H,8H2,1H3. The van der Waals surface area contributed by atoms with Crippen LogP contribution in [0.3, 0.4) is 0 Å². The van der Waals surface area contributed by atoms with Crippen LogP contribution in [0.4, 0.5) is 0 Å². The SMILES string of the molecule is CN1C=C(c2ccccc2)NC1. The smallest absolute Gasteiger partial charge is 0.0869 e. The van der Waals surface area contributed by atoms with E-state index in [-0.39, 0.29) is 0 Å². The van der Waals surface area contributed by atoms with Crippen molar-refractivity contribution in [1.82, 2.24) is 10.2 Å². The van der Waals surface area contributed by atoms with Gasteiger partial charge in [-0.05, 0) is 5.56 Å². The van der Waals surface area contributed by atoms with Crippen LogP contribution in [0.15, 0.2) is 36.5 Å². The summed E-state index contributed by atoms with van der Waals surface area (Å²) in [6.45, 7) is 0.907. The Morgan fingerprint density at radius 2 is 2.00 bits per heavy atom. The summed E-state index contributed by atoms with van der Waals surface area (Å²) >= 11 is 0. The molecule has 0 saturated heterocycles. The molecule has 0 radical (unpaired) electrons. The number of benzene rings is 1. The number of hydrogen-bond acceptors (Lipinski definition) is 2. The summed E-state index contributed by atoms with van der Waals surface area (Å²) in [5, 5.41) is 3.31. The molecule has 0 saturated carbocycles. The molecule has 1 heterocycles. The number of hydrogen-bond donors (Lipinski definition) is 1. The van der Waals surface area contributed by atoms with Gasteiger partial charge in [0.2, 0.25) is 0 Å². The minimum Gasteiger partial charge on any atom is -0.366 e. The van der Waals surface area contributed by atoms with Crippen molar-refractivity contribution in [1.29, 1.82) is 0 Å². The summed E-state index contributed by atoms with van der Waals surface area (Å²) in [5.74, 6) is 0. The zero-order valence-electron chi connectivity index (χ0n) is 7.12. The largest absolute Gasteiger partial charge is 0.366 e. The third kappa shape index (κ3) is 1.28. The first-order valence-electron chi connectivity index (χ1n) is 4.07. The Hall–Kier alpha value is -1.44. The molecule has 1 aromatic carbocycles. The van der Waals surface area contributed by atoms with Crippen LogP contribution < -0.4 is 5.32 Å². The van der Waals surface area contributed by atoms with Crippen LogP contribution in [0.5, 0.6) is 0 Å². The highest BCUT2D eigenvalue weighted by Gasteiger charge is 2.07. The fourth-order valence-corrected chi connectivity index (χ4v) is 1.32. The van der Waals surface area contributed by atoms with Crippen molar-refractivity contribution in [3.05, 3.63) is 42.1 Å². The Morgan fingerprint density at radius 1 is 1.25 bits per heavy atom. The molecule has 1 N–H and O–H groups in total. The topological polar surface area (TPSA) is 15.3 Å². The van der Waals surface area contributed by atoms with Crippen molar-refractivity contribution in [2.24, 2.45) is 0 Å². The van der Waals surface area contributed by atoms with Crippen molar-refractivity contribution >= 4 is 5.70 Å². The van der Waals surface area contributed by atoms with E-state index >= 15 is 0 Å². The van der Waals surface area contributed by atoms with Gasteiger partial charge in [0.15, 0.2) is 0 Å². The van der Waals surface area contributed by atoms with Gasteiger partial charge in [0.1, 0.15) is 0 Å². The molecule has 12 heavy (non-hydrogen) atoms. The summed E-state index contributed by atoms with van der Waals surface area (Å²) in [7, 11) is 2.06. The summed E-state index contributed by atoms with van der Waals surface area (Å²) in [4.78, 5) is 2.13. The summed E-state index contributed by atoms with van der Waals surface area (Å²) in [6.07, 6.45) is 2.12. The molecular weight excluding hydrogens is 148 g/mol. The molecule has 0 unspecified atom stereocenters. The first kappa shape index (κ1) is 7.22. The van der Waals surface area contributed by atoms with Crippen LogP contribution in [0.2, 0.25) is 0 Å². The zero-order chi connectivity index (χ0) is 8.39. The Balaban J connectivity index is 2.27. The molecule has 0 bridgehead atoms. The Bertz CT molecular complexity index is 290. The molecule has 1 aliphatic rings. The molecule has 62 valence electrons. The van der Waals surface area contributed by atoms with Crippen molar-refractivity contribution in [3.63, 3.8) is 0 Å². The van der Waals surface area contributed by atoms with E-state index in [0.717, 1.165) is 6.67 Å². The van der Waals surface area contributed by atoms with E-state index in [1.165, 1.54) is 11.3 Å². The Labute approximate surface area is 72.5 Å². The van der Waals surface area contributed by atoms with Crippen LogP contribution in [-0.4, -0.2) is 18.6 Å². The number of rotatable bonds is 1. The maximum absolute atomic E-state index is 3.31. The summed E-state index contributed by atoms with van der Waals surface area (Å²) < 4.78 is 0. The maximum atomic E-state index is 3.31. The van der Waals surface area contributed by atoms with E-state index in [2.05, 4.69) is 47.7 Å². The van der Waals surface area contributed by atoms with Gasteiger partial charge < -0.3 is 10.2 Å². The minimum absolute atomic E-state index is 0.907. The average Bonchev–Trinajstić information content (AvgIpc) is 2.54. The second-order valence-electron chi connectivity index (χ2n) is 3.00. The van der Waals surface area contributed by atoms with E-state index in [1.54, 1.807) is 0 Å². The molecule has 0 amide bonds. The van der Waals surface area contributed by atoms with Gasteiger partial charge in [0.05, 0.1) is 12.4 Å². The van der Waals surface area contributed by atoms with Gasteiger partial charge in [0, 0.05) is 13.2 Å². The van der Waals surface area contributed by atoms with Crippen molar-refractivity contribution in [2.45, 2.75) is 0 Å². The van der Waals surface area contributed by atoms with Crippen LogP contribution in [0, 0.1) is 0 Å². The van der Waals surface area contributed by atoms with E-state index < -0.39 is 0 Å². The lowest BCUT2D eigenvalue weighted by molar-refractivity contribution is 0.475. The maximum Gasteiger partial charge on any atom is 0.0869 e. The fraction of sp³-hybridized carbons (Fsp3) is 0.200. The summed E-state index contributed by atoms with van der Waals surface area (Å²) in [6, 6.07) is 10.4. The molecule has 0 aliphatic carbocycles. The average molecular weight is 160 g/mol. The lowest BCUT2D eigenvalue weighted by atomic mass is 10.2. The second-order valence-corrected chi connectivity index (χ2v) is 3.00. The van der Waals surface area contributed by atoms with E-state index in [0.29, 0.717) is 0 Å². The summed E-state index contributed by atoms with van der Waals surface area (Å²) in [5.41, 5.74) is 2.46. The van der Waals surface area contributed by atoms with Gasteiger partial charge in [-0.15, -0.1) is 0 Å². The van der Waals surface area contributed by atoms with Crippen molar-refractivity contribution in [2.75, 3.05) is 13.7 Å². The Morgan fingerprint density at radius 3 is 2.58 bits per heavy atom. The molecule has 0 atom stereocenters. The normalized spacial score (nSPS) is 15.8. The van der Waals surface area contributed by atoms with Crippen molar-refractivity contribution in [3.8, 4) is 0 Å². The third-order valence-electron chi connectivity index (χ3n) is 1.95. The fourth-order valence-electron chi connectivity index (χ4n) is 1.32. The third-order valence-corrected chi connectivity index (χ3v) is 1.95. The van der Waals surface area contributed by atoms with Crippen molar-refractivity contribution < 1.29 is 0 Å². The molecule has 1 aromatic rings. The quantitative estimate of drug-likeness (QED) is 0.669. The highest BCUT2D eigenvalue weighted by Crippen LogP contribution is 2.14. The van der Waals surface area contributed by atoms with Crippen LogP contribution in [-0.2, 0) is 0 Å².